The van der Waals surface area contributed by atoms with Crippen LogP contribution in [0.4, 0.5) is 10.1 Å². The molecule has 0 saturated carbocycles. The molecule has 1 amide bonds. The van der Waals surface area contributed by atoms with Crippen molar-refractivity contribution in [2.45, 2.75) is 13.8 Å². The number of anilines is 1. The maximum absolute atomic E-state index is 13.2. The van der Waals surface area contributed by atoms with E-state index in [1.165, 1.54) is 18.2 Å². The Bertz CT molecular complexity index is 929. The number of aromatic nitrogens is 2. The first-order valence-corrected chi connectivity index (χ1v) is 7.91. The van der Waals surface area contributed by atoms with E-state index >= 15 is 0 Å². The minimum absolute atomic E-state index is 0.289. The molecule has 4 nitrogen and oxygen atoms in total. The van der Waals surface area contributed by atoms with Crippen LogP contribution >= 0.6 is 0 Å². The molecule has 0 aliphatic rings. The zero-order valence-electron chi connectivity index (χ0n) is 14.0. The summed E-state index contributed by atoms with van der Waals surface area (Å²) in [6.45, 7) is 3.75. The lowest BCUT2D eigenvalue weighted by Gasteiger charge is -2.05. The van der Waals surface area contributed by atoms with Crippen LogP contribution in [-0.2, 0) is 4.79 Å². The molecule has 0 fully saturated rings. The quantitative estimate of drug-likeness (QED) is 0.723. The van der Waals surface area contributed by atoms with Crippen LogP contribution in [-0.4, -0.2) is 15.7 Å². The molecule has 5 heteroatoms. The van der Waals surface area contributed by atoms with Gasteiger partial charge in [0.25, 0.3) is 0 Å². The van der Waals surface area contributed by atoms with Crippen LogP contribution in [0.2, 0.25) is 0 Å². The second-order valence-corrected chi connectivity index (χ2v) is 5.67. The molecule has 25 heavy (non-hydrogen) atoms. The SMILES string of the molecule is Cc1nn(-c2ccccc2)c(C)c1NC(=O)/C=C/c1cccc(F)c1. The number of nitrogens with one attached hydrogen (secondary N) is 1. The summed E-state index contributed by atoms with van der Waals surface area (Å²) in [7, 11) is 0. The molecular weight excluding hydrogens is 317 g/mol. The predicted molar refractivity (Wildman–Crippen MR) is 97.1 cm³/mol. The monoisotopic (exact) mass is 335 g/mol. The van der Waals surface area contributed by atoms with Crippen molar-refractivity contribution in [2.75, 3.05) is 5.32 Å². The molecule has 3 aromatic rings. The fraction of sp³-hybridized carbons (Fsp3) is 0.100. The van der Waals surface area contributed by atoms with Crippen molar-refractivity contribution in [2.24, 2.45) is 0 Å². The molecular formula is C20H18FN3O. The number of nitrogens with zero attached hydrogens (tertiary/aromatic N) is 2. The third-order valence-electron chi connectivity index (χ3n) is 3.82. The summed E-state index contributed by atoms with van der Waals surface area (Å²) >= 11 is 0. The molecule has 0 aliphatic carbocycles. The van der Waals surface area contributed by atoms with E-state index in [0.717, 1.165) is 17.1 Å². The van der Waals surface area contributed by atoms with Gasteiger partial charge in [-0.15, -0.1) is 0 Å². The predicted octanol–water partition coefficient (Wildman–Crippen LogP) is 4.28. The average molecular weight is 335 g/mol. The van der Waals surface area contributed by atoms with Crippen LogP contribution in [0.3, 0.4) is 0 Å². The standard InChI is InChI=1S/C20H18FN3O/c1-14-20(15(2)24(23-14)18-9-4-3-5-10-18)22-19(25)12-11-16-7-6-8-17(21)13-16/h3-13H,1-2H3,(H,22,25)/b12-11+. The number of halogens is 1. The molecule has 0 atom stereocenters. The van der Waals surface area contributed by atoms with Gasteiger partial charge in [-0.05, 0) is 49.8 Å². The Labute approximate surface area is 145 Å². The third kappa shape index (κ3) is 3.83. The summed E-state index contributed by atoms with van der Waals surface area (Å²) in [5.74, 6) is -0.624. The maximum Gasteiger partial charge on any atom is 0.248 e. The highest BCUT2D eigenvalue weighted by Crippen LogP contribution is 2.22. The summed E-state index contributed by atoms with van der Waals surface area (Å²) in [5, 5.41) is 7.34. The third-order valence-corrected chi connectivity index (χ3v) is 3.82. The van der Waals surface area contributed by atoms with Crippen molar-refractivity contribution in [3.63, 3.8) is 0 Å². The number of hydrogen-bond acceptors (Lipinski definition) is 2. The molecule has 0 bridgehead atoms. The van der Waals surface area contributed by atoms with Crippen LogP contribution in [0.15, 0.2) is 60.7 Å². The van der Waals surface area contributed by atoms with Crippen LogP contribution < -0.4 is 5.32 Å². The van der Waals surface area contributed by atoms with E-state index in [0.29, 0.717) is 11.3 Å². The molecule has 0 saturated heterocycles. The second kappa shape index (κ2) is 7.13. The van der Waals surface area contributed by atoms with E-state index in [9.17, 15) is 9.18 Å². The van der Waals surface area contributed by atoms with E-state index < -0.39 is 0 Å². The average Bonchev–Trinajstić information content (AvgIpc) is 2.89. The van der Waals surface area contributed by atoms with Crippen LogP contribution in [0.5, 0.6) is 0 Å². The molecule has 126 valence electrons. The Kier molecular flexibility index (Phi) is 4.75. The number of para-hydroxylation sites is 1. The van der Waals surface area contributed by atoms with Crippen molar-refractivity contribution >= 4 is 17.7 Å². The lowest BCUT2D eigenvalue weighted by molar-refractivity contribution is -0.111. The Morgan fingerprint density at radius 2 is 1.88 bits per heavy atom. The van der Waals surface area contributed by atoms with Gasteiger partial charge in [0.05, 0.1) is 22.8 Å². The van der Waals surface area contributed by atoms with Crippen LogP contribution in [0.1, 0.15) is 17.0 Å². The number of amides is 1. The molecule has 2 aromatic carbocycles. The van der Waals surface area contributed by atoms with Gasteiger partial charge < -0.3 is 5.32 Å². The van der Waals surface area contributed by atoms with E-state index in [1.54, 1.807) is 22.9 Å². The smallest absolute Gasteiger partial charge is 0.248 e. The molecule has 0 unspecified atom stereocenters. The Morgan fingerprint density at radius 3 is 2.60 bits per heavy atom. The number of hydrogen-bond donors (Lipinski definition) is 1. The minimum atomic E-state index is -0.335. The number of rotatable bonds is 4. The van der Waals surface area contributed by atoms with Crippen molar-refractivity contribution in [1.29, 1.82) is 0 Å². The Hall–Kier alpha value is -3.21. The van der Waals surface area contributed by atoms with Crippen LogP contribution in [0, 0.1) is 19.7 Å². The normalized spacial score (nSPS) is 11.0. The van der Waals surface area contributed by atoms with Gasteiger partial charge in [-0.3, -0.25) is 4.79 Å². The zero-order valence-corrected chi connectivity index (χ0v) is 14.0. The molecule has 1 heterocycles. The zero-order chi connectivity index (χ0) is 17.8. The van der Waals surface area contributed by atoms with Crippen molar-refractivity contribution in [3.8, 4) is 5.69 Å². The number of carbonyl (C=O) groups excluding carboxylic acids is 1. The van der Waals surface area contributed by atoms with E-state index in [4.69, 9.17) is 0 Å². The first-order valence-electron chi connectivity index (χ1n) is 7.91. The van der Waals surface area contributed by atoms with Crippen molar-refractivity contribution in [1.82, 2.24) is 9.78 Å². The summed E-state index contributed by atoms with van der Waals surface area (Å²) < 4.78 is 15.0. The molecule has 1 N–H and O–H groups in total. The lowest BCUT2D eigenvalue weighted by Crippen LogP contribution is -2.09. The summed E-state index contributed by atoms with van der Waals surface area (Å²) in [4.78, 5) is 12.2. The van der Waals surface area contributed by atoms with Crippen molar-refractivity contribution in [3.05, 3.63) is 83.4 Å². The highest BCUT2D eigenvalue weighted by molar-refractivity contribution is 6.02. The van der Waals surface area contributed by atoms with E-state index in [-0.39, 0.29) is 11.7 Å². The number of benzene rings is 2. The topological polar surface area (TPSA) is 46.9 Å². The first-order chi connectivity index (χ1) is 12.0. The summed E-state index contributed by atoms with van der Waals surface area (Å²) in [6.07, 6.45) is 2.96. The Balaban J connectivity index is 1.79. The largest absolute Gasteiger partial charge is 0.319 e. The van der Waals surface area contributed by atoms with E-state index in [1.807, 2.05) is 44.2 Å². The molecule has 1 aromatic heterocycles. The van der Waals surface area contributed by atoms with Crippen molar-refractivity contribution < 1.29 is 9.18 Å². The summed E-state index contributed by atoms with van der Waals surface area (Å²) in [5.41, 5.74) is 3.81. The fourth-order valence-corrected chi connectivity index (χ4v) is 2.59. The second-order valence-electron chi connectivity index (χ2n) is 5.67. The van der Waals surface area contributed by atoms with Crippen LogP contribution in [0.25, 0.3) is 11.8 Å². The van der Waals surface area contributed by atoms with Gasteiger partial charge in [0.15, 0.2) is 0 Å². The minimum Gasteiger partial charge on any atom is -0.319 e. The first kappa shape index (κ1) is 16.6. The van der Waals surface area contributed by atoms with Gasteiger partial charge in [0, 0.05) is 6.08 Å². The van der Waals surface area contributed by atoms with Gasteiger partial charge in [0.1, 0.15) is 5.82 Å². The highest BCUT2D eigenvalue weighted by Gasteiger charge is 2.14. The van der Waals surface area contributed by atoms with Gasteiger partial charge >= 0.3 is 0 Å². The van der Waals surface area contributed by atoms with Gasteiger partial charge in [-0.2, -0.15) is 5.10 Å². The number of carbonyl (C=O) groups is 1. The molecule has 3 rings (SSSR count). The Morgan fingerprint density at radius 1 is 1.12 bits per heavy atom. The number of aryl methyl sites for hydroxylation is 1. The maximum atomic E-state index is 13.2. The highest BCUT2D eigenvalue weighted by atomic mass is 19.1. The summed E-state index contributed by atoms with van der Waals surface area (Å²) in [6, 6.07) is 15.8. The molecule has 0 aliphatic heterocycles. The molecule has 0 radical (unpaired) electrons. The van der Waals surface area contributed by atoms with Gasteiger partial charge in [-0.25, -0.2) is 9.07 Å². The van der Waals surface area contributed by atoms with Gasteiger partial charge in [-0.1, -0.05) is 30.3 Å². The van der Waals surface area contributed by atoms with Gasteiger partial charge in [0.2, 0.25) is 5.91 Å². The fourth-order valence-electron chi connectivity index (χ4n) is 2.59. The van der Waals surface area contributed by atoms with E-state index in [2.05, 4.69) is 10.4 Å². The molecule has 0 spiro atoms. The lowest BCUT2D eigenvalue weighted by atomic mass is 10.2.